The zero-order chi connectivity index (χ0) is 15.4. The molecule has 1 amide bonds. The maximum absolute atomic E-state index is 12.1. The van der Waals surface area contributed by atoms with Gasteiger partial charge in [0.15, 0.2) is 0 Å². The number of carbonyl (C=O) groups excluding carboxylic acids is 1. The van der Waals surface area contributed by atoms with Crippen LogP contribution in [-0.4, -0.2) is 15.9 Å². The van der Waals surface area contributed by atoms with Crippen molar-refractivity contribution in [2.24, 2.45) is 0 Å². The van der Waals surface area contributed by atoms with Crippen LogP contribution in [0.2, 0.25) is 0 Å². The second kappa shape index (κ2) is 6.04. The van der Waals surface area contributed by atoms with Crippen LogP contribution in [0.15, 0.2) is 42.5 Å². The lowest BCUT2D eigenvalue weighted by atomic mass is 10.1. The van der Waals surface area contributed by atoms with Gasteiger partial charge in [-0.15, -0.1) is 0 Å². The topological polar surface area (TPSA) is 92.5 Å². The van der Waals surface area contributed by atoms with Crippen molar-refractivity contribution < 1.29 is 14.8 Å². The molecular weight excluding hydrogens is 272 g/mol. The molecule has 2 N–H and O–H groups in total. The highest BCUT2D eigenvalue weighted by Gasteiger charge is 2.21. The summed E-state index contributed by atoms with van der Waals surface area (Å²) < 4.78 is 0. The largest absolute Gasteiger partial charge is 0.508 e. The van der Waals surface area contributed by atoms with Gasteiger partial charge in [0.2, 0.25) is 0 Å². The zero-order valence-electron chi connectivity index (χ0n) is 11.4. The van der Waals surface area contributed by atoms with Crippen LogP contribution >= 0.6 is 0 Å². The Hall–Kier alpha value is -2.89. The van der Waals surface area contributed by atoms with Crippen molar-refractivity contribution in [3.05, 3.63) is 69.3 Å². The van der Waals surface area contributed by atoms with Crippen molar-refractivity contribution in [2.75, 3.05) is 0 Å². The molecule has 0 bridgehead atoms. The molecule has 6 heteroatoms. The second-order valence-corrected chi connectivity index (χ2v) is 4.58. The summed E-state index contributed by atoms with van der Waals surface area (Å²) in [7, 11) is 0. The normalized spacial score (nSPS) is 10.1. The number of phenols is 1. The van der Waals surface area contributed by atoms with Crippen LogP contribution in [0.1, 0.15) is 21.5 Å². The average molecular weight is 286 g/mol. The van der Waals surface area contributed by atoms with Gasteiger partial charge < -0.3 is 10.4 Å². The minimum atomic E-state index is -0.557. The molecule has 2 rings (SSSR count). The molecule has 0 atom stereocenters. The number of aryl methyl sites for hydroxylation is 1. The summed E-state index contributed by atoms with van der Waals surface area (Å²) in [6, 6.07) is 11.1. The van der Waals surface area contributed by atoms with E-state index in [0.717, 1.165) is 0 Å². The van der Waals surface area contributed by atoms with Crippen LogP contribution in [0.3, 0.4) is 0 Å². The van der Waals surface area contributed by atoms with E-state index in [4.69, 9.17) is 0 Å². The summed E-state index contributed by atoms with van der Waals surface area (Å²) in [6.07, 6.45) is 0. The number of nitrogens with zero attached hydrogens (tertiary/aromatic N) is 1. The van der Waals surface area contributed by atoms with Gasteiger partial charge in [0.1, 0.15) is 11.3 Å². The lowest BCUT2D eigenvalue weighted by molar-refractivity contribution is -0.385. The Labute approximate surface area is 121 Å². The lowest BCUT2D eigenvalue weighted by Gasteiger charge is -2.07. The molecule has 2 aromatic carbocycles. The maximum Gasteiger partial charge on any atom is 0.285 e. The predicted octanol–water partition coefficient (Wildman–Crippen LogP) is 2.54. The summed E-state index contributed by atoms with van der Waals surface area (Å²) >= 11 is 0. The van der Waals surface area contributed by atoms with Gasteiger partial charge in [0.05, 0.1) is 4.92 Å². The van der Waals surface area contributed by atoms with Crippen molar-refractivity contribution in [1.82, 2.24) is 5.32 Å². The fourth-order valence-corrected chi connectivity index (χ4v) is 2.03. The van der Waals surface area contributed by atoms with Crippen molar-refractivity contribution in [3.63, 3.8) is 0 Å². The van der Waals surface area contributed by atoms with E-state index in [2.05, 4.69) is 5.32 Å². The summed E-state index contributed by atoms with van der Waals surface area (Å²) in [4.78, 5) is 22.6. The number of nitrogens with one attached hydrogen (secondary N) is 1. The van der Waals surface area contributed by atoms with Crippen molar-refractivity contribution in [2.45, 2.75) is 13.5 Å². The lowest BCUT2D eigenvalue weighted by Crippen LogP contribution is -2.23. The summed E-state index contributed by atoms with van der Waals surface area (Å²) in [5.41, 5.74) is 0.981. The molecule has 0 saturated heterocycles. The van der Waals surface area contributed by atoms with Gasteiger partial charge in [-0.25, -0.2) is 0 Å². The maximum atomic E-state index is 12.1. The van der Waals surface area contributed by atoms with E-state index in [1.807, 2.05) is 0 Å². The number of aromatic hydroxyl groups is 1. The van der Waals surface area contributed by atoms with Crippen LogP contribution in [0, 0.1) is 17.0 Å². The summed E-state index contributed by atoms with van der Waals surface area (Å²) in [5, 5.41) is 23.0. The minimum absolute atomic E-state index is 0.0279. The first kappa shape index (κ1) is 14.5. The number of carbonyl (C=O) groups is 1. The van der Waals surface area contributed by atoms with Gasteiger partial charge in [-0.3, -0.25) is 14.9 Å². The first-order valence-electron chi connectivity index (χ1n) is 6.29. The number of amides is 1. The van der Waals surface area contributed by atoms with Gasteiger partial charge in [0.25, 0.3) is 11.6 Å². The number of nitro groups is 1. The fourth-order valence-electron chi connectivity index (χ4n) is 2.03. The Bertz CT molecular complexity index is 698. The third-order valence-electron chi connectivity index (χ3n) is 3.03. The molecule has 21 heavy (non-hydrogen) atoms. The van der Waals surface area contributed by atoms with E-state index < -0.39 is 10.8 Å². The van der Waals surface area contributed by atoms with E-state index in [1.165, 1.54) is 18.2 Å². The van der Waals surface area contributed by atoms with Gasteiger partial charge in [-0.1, -0.05) is 24.3 Å². The minimum Gasteiger partial charge on any atom is -0.508 e. The molecule has 108 valence electrons. The Morgan fingerprint density at radius 1 is 1.29 bits per heavy atom. The highest BCUT2D eigenvalue weighted by Crippen LogP contribution is 2.23. The second-order valence-electron chi connectivity index (χ2n) is 4.58. The Morgan fingerprint density at radius 2 is 2.00 bits per heavy atom. The molecule has 0 aliphatic carbocycles. The van der Waals surface area contributed by atoms with Gasteiger partial charge in [0, 0.05) is 12.1 Å². The van der Waals surface area contributed by atoms with Gasteiger partial charge in [-0.2, -0.15) is 0 Å². The molecule has 0 unspecified atom stereocenters. The molecule has 0 aromatic heterocycles. The summed E-state index contributed by atoms with van der Waals surface area (Å²) in [5.74, 6) is -0.419. The molecular formula is C15H14N2O4. The first-order chi connectivity index (χ1) is 9.99. The van der Waals surface area contributed by atoms with E-state index in [1.54, 1.807) is 31.2 Å². The highest BCUT2D eigenvalue weighted by atomic mass is 16.6. The number of hydrogen-bond acceptors (Lipinski definition) is 4. The third-order valence-corrected chi connectivity index (χ3v) is 3.03. The number of phenolic OH excluding ortho intramolecular Hbond substituents is 1. The van der Waals surface area contributed by atoms with Crippen molar-refractivity contribution >= 4 is 11.6 Å². The van der Waals surface area contributed by atoms with E-state index >= 15 is 0 Å². The molecule has 0 spiro atoms. The van der Waals surface area contributed by atoms with Gasteiger partial charge >= 0.3 is 0 Å². The number of benzene rings is 2. The Kier molecular flexibility index (Phi) is 4.18. The fraction of sp³-hybridized carbons (Fsp3) is 0.133. The van der Waals surface area contributed by atoms with Crippen LogP contribution in [-0.2, 0) is 6.54 Å². The molecule has 0 fully saturated rings. The third kappa shape index (κ3) is 3.36. The molecule has 2 aromatic rings. The summed E-state index contributed by atoms with van der Waals surface area (Å²) in [6.45, 7) is 1.77. The molecule has 0 saturated carbocycles. The average Bonchev–Trinajstić information content (AvgIpc) is 2.44. The van der Waals surface area contributed by atoms with E-state index in [9.17, 15) is 20.0 Å². The Balaban J connectivity index is 2.18. The molecule has 0 aliphatic heterocycles. The van der Waals surface area contributed by atoms with Gasteiger partial charge in [-0.05, 0) is 30.7 Å². The standard InChI is InChI=1S/C15H14N2O4/c1-10-4-2-7-13(14(10)17(20)21)15(19)16-9-11-5-3-6-12(18)8-11/h2-8,18H,9H2,1H3,(H,16,19). The number of para-hydroxylation sites is 1. The van der Waals surface area contributed by atoms with Crippen LogP contribution in [0.5, 0.6) is 5.75 Å². The van der Waals surface area contributed by atoms with E-state index in [0.29, 0.717) is 11.1 Å². The molecule has 0 aliphatic rings. The molecule has 0 heterocycles. The highest BCUT2D eigenvalue weighted by molar-refractivity contribution is 5.98. The Morgan fingerprint density at radius 3 is 2.67 bits per heavy atom. The van der Waals surface area contributed by atoms with Crippen LogP contribution in [0.4, 0.5) is 5.69 Å². The number of hydrogen-bond donors (Lipinski definition) is 2. The van der Waals surface area contributed by atoms with Crippen LogP contribution in [0.25, 0.3) is 0 Å². The monoisotopic (exact) mass is 286 g/mol. The number of rotatable bonds is 4. The van der Waals surface area contributed by atoms with E-state index in [-0.39, 0.29) is 23.5 Å². The van der Waals surface area contributed by atoms with Crippen LogP contribution < -0.4 is 5.32 Å². The zero-order valence-corrected chi connectivity index (χ0v) is 11.4. The quantitative estimate of drug-likeness (QED) is 0.667. The number of nitro benzene ring substituents is 1. The van der Waals surface area contributed by atoms with Crippen molar-refractivity contribution in [1.29, 1.82) is 0 Å². The SMILES string of the molecule is Cc1cccc(C(=O)NCc2cccc(O)c2)c1[N+](=O)[O-]. The smallest absolute Gasteiger partial charge is 0.285 e. The van der Waals surface area contributed by atoms with Crippen molar-refractivity contribution in [3.8, 4) is 5.75 Å². The predicted molar refractivity (Wildman–Crippen MR) is 77.1 cm³/mol. The molecule has 6 nitrogen and oxygen atoms in total. The molecule has 0 radical (unpaired) electrons. The first-order valence-corrected chi connectivity index (χ1v) is 6.29.